The number of fused-ring (bicyclic) bond motifs is 1. The van der Waals surface area contributed by atoms with Crippen molar-refractivity contribution in [2.45, 2.75) is 18.6 Å². The van der Waals surface area contributed by atoms with Crippen molar-refractivity contribution < 1.29 is 27.5 Å². The normalized spacial score (nSPS) is 22.1. The van der Waals surface area contributed by atoms with Gasteiger partial charge >= 0.3 is 6.18 Å². The fourth-order valence-electron chi connectivity index (χ4n) is 3.02. The van der Waals surface area contributed by atoms with Gasteiger partial charge in [-0.1, -0.05) is 12.1 Å². The van der Waals surface area contributed by atoms with Gasteiger partial charge in [0, 0.05) is 13.1 Å². The number of ether oxygens (including phenoxy) is 1. The molecule has 25 heavy (non-hydrogen) atoms. The monoisotopic (exact) mass is 357 g/mol. The smallest absolute Gasteiger partial charge is 0.379 e. The number of amides is 2. The average molecular weight is 357 g/mol. The van der Waals surface area contributed by atoms with Crippen molar-refractivity contribution in [1.82, 2.24) is 4.90 Å². The highest BCUT2D eigenvalue weighted by Gasteiger charge is 2.49. The molecule has 0 aliphatic carbocycles. The predicted molar refractivity (Wildman–Crippen MR) is 84.3 cm³/mol. The van der Waals surface area contributed by atoms with Crippen molar-refractivity contribution in [3.8, 4) is 0 Å². The van der Waals surface area contributed by atoms with Crippen LogP contribution < -0.4 is 10.2 Å². The Kier molecular flexibility index (Phi) is 4.96. The van der Waals surface area contributed by atoms with Crippen molar-refractivity contribution in [2.75, 3.05) is 43.1 Å². The van der Waals surface area contributed by atoms with Crippen LogP contribution in [0.1, 0.15) is 6.42 Å². The second kappa shape index (κ2) is 7.01. The fraction of sp³-hybridized carbons (Fsp3) is 0.500. The fourth-order valence-corrected chi connectivity index (χ4v) is 3.02. The summed E-state index contributed by atoms with van der Waals surface area (Å²) in [6.07, 6.45) is -5.54. The Morgan fingerprint density at radius 2 is 1.92 bits per heavy atom. The number of hydrogen-bond donors (Lipinski definition) is 1. The van der Waals surface area contributed by atoms with Gasteiger partial charge in [0.2, 0.25) is 11.8 Å². The van der Waals surface area contributed by atoms with Crippen molar-refractivity contribution in [2.24, 2.45) is 0 Å². The molecule has 1 N–H and O–H groups in total. The molecule has 1 aromatic carbocycles. The highest BCUT2D eigenvalue weighted by Crippen LogP contribution is 2.37. The highest BCUT2D eigenvalue weighted by molar-refractivity contribution is 6.05. The molecule has 1 aromatic rings. The Morgan fingerprint density at radius 1 is 1.24 bits per heavy atom. The van der Waals surface area contributed by atoms with Crippen molar-refractivity contribution in [1.29, 1.82) is 0 Å². The number of morpholine rings is 1. The van der Waals surface area contributed by atoms with Crippen LogP contribution >= 0.6 is 0 Å². The van der Waals surface area contributed by atoms with E-state index in [4.69, 9.17) is 4.74 Å². The number of hydrogen-bond acceptors (Lipinski definition) is 4. The van der Waals surface area contributed by atoms with Gasteiger partial charge in [-0.15, -0.1) is 0 Å². The summed E-state index contributed by atoms with van der Waals surface area (Å²) < 4.78 is 45.9. The van der Waals surface area contributed by atoms with Gasteiger partial charge in [0.25, 0.3) is 0 Å². The predicted octanol–water partition coefficient (Wildman–Crippen LogP) is 1.62. The number of carbonyl (C=O) groups excluding carboxylic acids is 2. The van der Waals surface area contributed by atoms with E-state index in [0.29, 0.717) is 31.2 Å². The molecule has 1 atom stereocenters. The van der Waals surface area contributed by atoms with E-state index in [-0.39, 0.29) is 17.9 Å². The molecular formula is C16H18F3N3O3. The van der Waals surface area contributed by atoms with E-state index in [9.17, 15) is 22.8 Å². The summed E-state index contributed by atoms with van der Waals surface area (Å²) in [5.74, 6) is -1.45. The number of benzene rings is 1. The summed E-state index contributed by atoms with van der Waals surface area (Å²) in [5.41, 5.74) is 0.267. The first-order chi connectivity index (χ1) is 11.9. The second-order valence-corrected chi connectivity index (χ2v) is 5.98. The van der Waals surface area contributed by atoms with Gasteiger partial charge in [-0.2, -0.15) is 13.2 Å². The minimum absolute atomic E-state index is 0.0638. The maximum atomic E-state index is 13.6. The summed E-state index contributed by atoms with van der Waals surface area (Å²) in [6, 6.07) is 3.85. The largest absolute Gasteiger partial charge is 0.409 e. The van der Waals surface area contributed by atoms with E-state index in [1.54, 1.807) is 17.0 Å². The molecule has 6 nitrogen and oxygen atoms in total. The molecule has 0 bridgehead atoms. The first kappa shape index (κ1) is 17.7. The topological polar surface area (TPSA) is 61.9 Å². The Hall–Kier alpha value is -2.13. The molecule has 1 unspecified atom stereocenters. The first-order valence-electron chi connectivity index (χ1n) is 7.94. The quantitative estimate of drug-likeness (QED) is 0.874. The number of anilines is 2. The molecule has 0 spiro atoms. The first-order valence-corrected chi connectivity index (χ1v) is 7.94. The number of alkyl halides is 3. The van der Waals surface area contributed by atoms with Crippen LogP contribution in [0.25, 0.3) is 0 Å². The summed E-state index contributed by atoms with van der Waals surface area (Å²) in [5, 5.41) is 2.45. The lowest BCUT2D eigenvalue weighted by molar-refractivity contribution is -0.158. The van der Waals surface area contributed by atoms with Gasteiger partial charge in [-0.3, -0.25) is 19.4 Å². The molecule has 1 saturated heterocycles. The van der Waals surface area contributed by atoms with Crippen LogP contribution in [0.3, 0.4) is 0 Å². The zero-order valence-corrected chi connectivity index (χ0v) is 13.4. The Morgan fingerprint density at radius 3 is 2.60 bits per heavy atom. The van der Waals surface area contributed by atoms with Gasteiger partial charge in [0.15, 0.2) is 0 Å². The molecule has 2 amide bonds. The standard InChI is InChI=1S/C16H18F3N3O3/c17-16(18,19)13-9-14(23)20-11-3-1-2-4-12(11)22(13)15(24)10-21-5-7-25-8-6-21/h1-4,13H,5-10H2,(H,20,23). The molecule has 0 radical (unpaired) electrons. The third-order valence-corrected chi connectivity index (χ3v) is 4.24. The summed E-state index contributed by atoms with van der Waals surface area (Å²) in [7, 11) is 0. The third kappa shape index (κ3) is 3.93. The van der Waals surface area contributed by atoms with E-state index in [2.05, 4.69) is 5.32 Å². The maximum absolute atomic E-state index is 13.6. The van der Waals surface area contributed by atoms with E-state index in [0.717, 1.165) is 0 Å². The second-order valence-electron chi connectivity index (χ2n) is 5.98. The molecule has 0 saturated carbocycles. The van der Waals surface area contributed by atoms with Crippen molar-refractivity contribution >= 4 is 23.2 Å². The summed E-state index contributed by atoms with van der Waals surface area (Å²) in [4.78, 5) is 27.1. The van der Waals surface area contributed by atoms with Crippen LogP contribution in [0, 0.1) is 0 Å². The average Bonchev–Trinajstić information content (AvgIpc) is 2.71. The van der Waals surface area contributed by atoms with E-state index in [1.165, 1.54) is 12.1 Å². The van der Waals surface area contributed by atoms with Crippen molar-refractivity contribution in [3.05, 3.63) is 24.3 Å². The third-order valence-electron chi connectivity index (χ3n) is 4.24. The molecule has 0 aromatic heterocycles. The summed E-state index contributed by atoms with van der Waals surface area (Å²) >= 11 is 0. The number of halogens is 3. The lowest BCUT2D eigenvalue weighted by atomic mass is 10.1. The van der Waals surface area contributed by atoms with E-state index < -0.39 is 30.5 Å². The molecule has 9 heteroatoms. The lowest BCUT2D eigenvalue weighted by Gasteiger charge is -2.34. The van der Waals surface area contributed by atoms with E-state index >= 15 is 0 Å². The Bertz CT molecular complexity index is 660. The Labute approximate surface area is 142 Å². The molecule has 1 fully saturated rings. The zero-order chi connectivity index (χ0) is 18.0. The number of para-hydroxylation sites is 2. The van der Waals surface area contributed by atoms with E-state index in [1.807, 2.05) is 0 Å². The van der Waals surface area contributed by atoms with Crippen LogP contribution in [0.4, 0.5) is 24.5 Å². The van der Waals surface area contributed by atoms with Crippen LogP contribution in [-0.2, 0) is 14.3 Å². The summed E-state index contributed by atoms with van der Waals surface area (Å²) in [6.45, 7) is 1.68. The number of nitrogens with one attached hydrogen (secondary N) is 1. The Balaban J connectivity index is 1.95. The minimum atomic E-state index is -4.71. The molecule has 3 rings (SSSR count). The number of rotatable bonds is 2. The van der Waals surface area contributed by atoms with Crippen molar-refractivity contribution in [3.63, 3.8) is 0 Å². The van der Waals surface area contributed by atoms with Crippen LogP contribution in [-0.4, -0.2) is 61.8 Å². The zero-order valence-electron chi connectivity index (χ0n) is 13.4. The molecular weight excluding hydrogens is 339 g/mol. The van der Waals surface area contributed by atoms with Gasteiger partial charge < -0.3 is 10.1 Å². The molecule has 2 aliphatic heterocycles. The maximum Gasteiger partial charge on any atom is 0.409 e. The minimum Gasteiger partial charge on any atom is -0.379 e. The van der Waals surface area contributed by atoms with Crippen LogP contribution in [0.2, 0.25) is 0 Å². The SMILES string of the molecule is O=C1CC(C(F)(F)F)N(C(=O)CN2CCOCC2)c2ccccc2N1. The molecule has 136 valence electrons. The van der Waals surface area contributed by atoms with Gasteiger partial charge in [-0.25, -0.2) is 0 Å². The van der Waals surface area contributed by atoms with Crippen LogP contribution in [0.5, 0.6) is 0 Å². The van der Waals surface area contributed by atoms with Gasteiger partial charge in [-0.05, 0) is 12.1 Å². The number of nitrogens with zero attached hydrogens (tertiary/aromatic N) is 2. The lowest BCUT2D eigenvalue weighted by Crippen LogP contribution is -2.53. The number of carbonyl (C=O) groups is 2. The van der Waals surface area contributed by atoms with Gasteiger partial charge in [0.1, 0.15) is 6.04 Å². The highest BCUT2D eigenvalue weighted by atomic mass is 19.4. The molecule has 2 aliphatic rings. The van der Waals surface area contributed by atoms with Gasteiger partial charge in [0.05, 0.1) is 37.6 Å². The van der Waals surface area contributed by atoms with Crippen LogP contribution in [0.15, 0.2) is 24.3 Å². The molecule has 2 heterocycles.